The molecule has 0 radical (unpaired) electrons. The van der Waals surface area contributed by atoms with Crippen molar-refractivity contribution in [2.45, 2.75) is 38.5 Å². The number of aliphatic hydroxyl groups excluding tert-OH is 1. The zero-order chi connectivity index (χ0) is 31.2. The average molecular weight is 618 g/mol. The van der Waals surface area contributed by atoms with Crippen molar-refractivity contribution in [1.29, 1.82) is 0 Å². The molecule has 0 saturated carbocycles. The molecule has 0 bridgehead atoms. The number of hydrogen-bond donors (Lipinski definition) is 1. The molecule has 0 saturated heterocycles. The Morgan fingerprint density at radius 1 is 0.822 bits per heavy atom. The molecule has 5 aromatic carbocycles. The van der Waals surface area contributed by atoms with Gasteiger partial charge in [0.2, 0.25) is 0 Å². The quantitative estimate of drug-likeness (QED) is 0.0325. The van der Waals surface area contributed by atoms with Gasteiger partial charge < -0.3 is 14.6 Å². The Bertz CT molecular complexity index is 1860. The van der Waals surface area contributed by atoms with Gasteiger partial charge in [-0.3, -0.25) is 24.1 Å². The Labute approximate surface area is 279 Å². The minimum atomic E-state index is -0.334. The van der Waals surface area contributed by atoms with Crippen LogP contribution in [0.1, 0.15) is 59.2 Å². The van der Waals surface area contributed by atoms with E-state index in [0.29, 0.717) is 66.2 Å². The molecule has 224 valence electrons. The smallest absolute Gasteiger partial charge is 0.476 e. The Balaban J connectivity index is 0.00000111. The summed E-state index contributed by atoms with van der Waals surface area (Å²) in [6.45, 7) is 0.981. The standard InChI is InChI=1S/C33H28NO7.CO2.Na/c35-17-4-1-2-9-28(37)40-18-5-3-16-34-32(38)25-12-10-22-20-7-6-8-24-27(41-19-36)15-14-21(29(20)24)23-11-13-26(33(34)39)31(25)30(22)23;2-1-3;/h6-7,10-15,19,35H,1-5,9,16-18H2;;/q-1;;+1. The van der Waals surface area contributed by atoms with Gasteiger partial charge >= 0.3 is 41.7 Å². The first-order valence-corrected chi connectivity index (χ1v) is 14.3. The van der Waals surface area contributed by atoms with Crippen molar-refractivity contribution >= 4 is 73.5 Å². The van der Waals surface area contributed by atoms with Gasteiger partial charge in [0.15, 0.2) is 0 Å². The number of carbonyl (C=O) groups excluding carboxylic acids is 6. The molecule has 0 atom stereocenters. The third-order valence-electron chi connectivity index (χ3n) is 7.86. The molecule has 6 rings (SSSR count). The van der Waals surface area contributed by atoms with Crippen molar-refractivity contribution in [3.05, 3.63) is 65.7 Å². The fraction of sp³-hybridized carbons (Fsp3) is 0.265. The third kappa shape index (κ3) is 6.47. The molecule has 2 amide bonds. The van der Waals surface area contributed by atoms with E-state index < -0.39 is 0 Å². The van der Waals surface area contributed by atoms with E-state index in [1.807, 2.05) is 24.3 Å². The second-order valence-electron chi connectivity index (χ2n) is 10.3. The number of carbonyl (C=O) groups is 4. The van der Waals surface area contributed by atoms with Crippen LogP contribution in [0, 0.1) is 6.07 Å². The van der Waals surface area contributed by atoms with Crippen LogP contribution in [0.3, 0.4) is 0 Å². The summed E-state index contributed by atoms with van der Waals surface area (Å²) in [7, 11) is 0. The normalized spacial score (nSPS) is 12.2. The van der Waals surface area contributed by atoms with Crippen LogP contribution in [0.5, 0.6) is 5.75 Å². The van der Waals surface area contributed by atoms with Crippen LogP contribution in [0.25, 0.3) is 43.1 Å². The molecule has 0 fully saturated rings. The van der Waals surface area contributed by atoms with Crippen molar-refractivity contribution < 1.29 is 72.9 Å². The topological polar surface area (TPSA) is 144 Å². The number of rotatable bonds is 12. The molecular formula is C34H28NNaO9. The van der Waals surface area contributed by atoms with E-state index in [4.69, 9.17) is 24.2 Å². The second-order valence-corrected chi connectivity index (χ2v) is 10.3. The van der Waals surface area contributed by atoms with Crippen LogP contribution in [0.4, 0.5) is 0 Å². The first-order chi connectivity index (χ1) is 21.5. The molecule has 0 aromatic heterocycles. The van der Waals surface area contributed by atoms with E-state index in [9.17, 15) is 19.2 Å². The summed E-state index contributed by atoms with van der Waals surface area (Å²) in [5, 5.41) is 15.6. The van der Waals surface area contributed by atoms with E-state index in [1.165, 1.54) is 4.90 Å². The molecule has 1 aliphatic rings. The number of hydrogen-bond acceptors (Lipinski definition) is 9. The summed E-state index contributed by atoms with van der Waals surface area (Å²) >= 11 is 0. The van der Waals surface area contributed by atoms with Crippen molar-refractivity contribution in [3.8, 4) is 5.75 Å². The monoisotopic (exact) mass is 617 g/mol. The van der Waals surface area contributed by atoms with E-state index >= 15 is 0 Å². The average Bonchev–Trinajstić information content (AvgIpc) is 3.03. The largest absolute Gasteiger partial charge is 1.00 e. The fourth-order valence-corrected chi connectivity index (χ4v) is 5.97. The minimum absolute atomic E-state index is 0. The number of unbranched alkanes of at least 4 members (excludes halogenated alkanes) is 3. The molecule has 1 heterocycles. The predicted molar refractivity (Wildman–Crippen MR) is 159 cm³/mol. The number of amides is 2. The van der Waals surface area contributed by atoms with Crippen molar-refractivity contribution in [2.24, 2.45) is 0 Å². The predicted octanol–water partition coefficient (Wildman–Crippen LogP) is 1.97. The zero-order valence-electron chi connectivity index (χ0n) is 24.7. The van der Waals surface area contributed by atoms with Crippen molar-refractivity contribution in [2.75, 3.05) is 19.8 Å². The fourth-order valence-electron chi connectivity index (χ4n) is 5.97. The Morgan fingerprint density at radius 3 is 2.09 bits per heavy atom. The molecule has 11 heteroatoms. The molecule has 0 spiro atoms. The van der Waals surface area contributed by atoms with Gasteiger partial charge in [0.25, 0.3) is 18.3 Å². The van der Waals surface area contributed by atoms with Crippen LogP contribution in [-0.4, -0.2) is 60.2 Å². The van der Waals surface area contributed by atoms with E-state index in [0.717, 1.165) is 38.7 Å². The van der Waals surface area contributed by atoms with E-state index in [2.05, 4.69) is 6.07 Å². The van der Waals surface area contributed by atoms with Gasteiger partial charge in [-0.25, -0.2) is 0 Å². The maximum Gasteiger partial charge on any atom is 1.00 e. The Hall–Kier alpha value is -4.18. The summed E-state index contributed by atoms with van der Waals surface area (Å²) in [4.78, 5) is 67.6. The summed E-state index contributed by atoms with van der Waals surface area (Å²) in [6, 6.07) is 18.0. The summed E-state index contributed by atoms with van der Waals surface area (Å²) < 4.78 is 10.5. The third-order valence-corrected chi connectivity index (χ3v) is 7.86. The number of aliphatic hydroxyl groups is 1. The second kappa shape index (κ2) is 15.2. The SMILES string of the molecule is O=C=O.O=COc1ccc2c3ccc4c5c(ccc(c6cc[c-]c1c62)c53)C(=O)N(CCCCOC(=O)CCCCCO)C4=O.[Na+]. The van der Waals surface area contributed by atoms with Gasteiger partial charge in [0, 0.05) is 36.1 Å². The van der Waals surface area contributed by atoms with Crippen LogP contribution >= 0.6 is 0 Å². The number of ether oxygens (including phenoxy) is 2. The summed E-state index contributed by atoms with van der Waals surface area (Å²) in [5.74, 6) is -0.522. The summed E-state index contributed by atoms with van der Waals surface area (Å²) in [5.41, 5.74) is 0.968. The Kier molecular flexibility index (Phi) is 11.4. The van der Waals surface area contributed by atoms with Crippen molar-refractivity contribution in [1.82, 2.24) is 4.90 Å². The summed E-state index contributed by atoms with van der Waals surface area (Å²) in [6.07, 6.45) is 3.75. The van der Waals surface area contributed by atoms with Crippen molar-refractivity contribution in [3.63, 3.8) is 0 Å². The molecule has 45 heavy (non-hydrogen) atoms. The number of imide groups is 1. The van der Waals surface area contributed by atoms with Crippen LogP contribution in [0.15, 0.2) is 48.5 Å². The van der Waals surface area contributed by atoms with Gasteiger partial charge in [-0.2, -0.15) is 9.59 Å². The van der Waals surface area contributed by atoms with Gasteiger partial charge in [-0.05, 0) is 54.0 Å². The molecule has 1 N–H and O–H groups in total. The number of fused-ring (bicyclic) bond motifs is 2. The van der Waals surface area contributed by atoms with Crippen LogP contribution in [-0.2, 0) is 23.9 Å². The maximum absolute atomic E-state index is 13.6. The first kappa shape index (κ1) is 33.7. The van der Waals surface area contributed by atoms with Gasteiger partial charge in [-0.15, -0.1) is 23.6 Å². The van der Waals surface area contributed by atoms with Gasteiger partial charge in [0.1, 0.15) is 0 Å². The molecule has 5 aromatic rings. The zero-order valence-corrected chi connectivity index (χ0v) is 26.7. The Morgan fingerprint density at radius 2 is 1.44 bits per heavy atom. The first-order valence-electron chi connectivity index (χ1n) is 14.3. The molecule has 1 aliphatic heterocycles. The van der Waals surface area contributed by atoms with E-state index in [1.54, 1.807) is 24.3 Å². The maximum atomic E-state index is 13.6. The molecule has 10 nitrogen and oxygen atoms in total. The van der Waals surface area contributed by atoms with Crippen LogP contribution in [0.2, 0.25) is 0 Å². The number of benzene rings is 5. The molecular weight excluding hydrogens is 589 g/mol. The van der Waals surface area contributed by atoms with Crippen LogP contribution < -0.4 is 34.3 Å². The van der Waals surface area contributed by atoms with E-state index in [-0.39, 0.29) is 73.3 Å². The molecule has 0 aliphatic carbocycles. The number of esters is 1. The van der Waals surface area contributed by atoms with Gasteiger partial charge in [0.05, 0.1) is 12.4 Å². The molecule has 0 unspecified atom stereocenters. The number of nitrogens with zero attached hydrogens (tertiary/aromatic N) is 1. The minimum Gasteiger partial charge on any atom is -0.476 e. The van der Waals surface area contributed by atoms with Gasteiger partial charge in [-0.1, -0.05) is 46.8 Å².